The van der Waals surface area contributed by atoms with Crippen LogP contribution in [0.5, 0.6) is 0 Å². The number of rotatable bonds is 5. The Kier molecular flexibility index (Phi) is 5.56. The lowest BCUT2D eigenvalue weighted by atomic mass is 10.0. The first-order chi connectivity index (χ1) is 12.9. The van der Waals surface area contributed by atoms with E-state index in [-0.39, 0.29) is 6.03 Å². The van der Waals surface area contributed by atoms with Crippen molar-refractivity contribution in [1.82, 2.24) is 10.6 Å². The van der Waals surface area contributed by atoms with Crippen molar-refractivity contribution >= 4 is 23.4 Å². The van der Waals surface area contributed by atoms with E-state index in [9.17, 15) is 19.1 Å². The van der Waals surface area contributed by atoms with E-state index in [0.29, 0.717) is 30.0 Å². The smallest absolute Gasteiger partial charge is 0.321 e. The second-order valence-corrected chi connectivity index (χ2v) is 6.32. The average molecular weight is 372 g/mol. The Morgan fingerprint density at radius 1 is 1.26 bits per heavy atom. The minimum absolute atomic E-state index is 0.173. The third-order valence-electron chi connectivity index (χ3n) is 4.32. The Morgan fingerprint density at radius 3 is 2.67 bits per heavy atom. The average Bonchev–Trinajstić information content (AvgIpc) is 3.08. The number of aliphatic hydroxyl groups is 1. The van der Waals surface area contributed by atoms with Crippen LogP contribution >= 0.6 is 0 Å². The van der Waals surface area contributed by atoms with Gasteiger partial charge in [0, 0.05) is 24.5 Å². The van der Waals surface area contributed by atoms with Gasteiger partial charge in [-0.15, -0.1) is 0 Å². The van der Waals surface area contributed by atoms with Crippen molar-refractivity contribution in [2.45, 2.75) is 19.1 Å². The van der Waals surface area contributed by atoms with E-state index < -0.39 is 24.0 Å². The summed E-state index contributed by atoms with van der Waals surface area (Å²) in [7, 11) is 0. The van der Waals surface area contributed by atoms with Crippen molar-refractivity contribution in [3.63, 3.8) is 0 Å². The lowest BCUT2D eigenvalue weighted by molar-refractivity contribution is 0.139. The highest BCUT2D eigenvalue weighted by Gasteiger charge is 2.22. The van der Waals surface area contributed by atoms with Crippen molar-refractivity contribution in [2.75, 3.05) is 23.3 Å². The molecule has 0 aliphatic carbocycles. The second kappa shape index (κ2) is 8.05. The molecule has 0 aromatic heterocycles. The highest BCUT2D eigenvalue weighted by Crippen LogP contribution is 2.21. The number of nitrogens with one attached hydrogen (secondary N) is 3. The van der Waals surface area contributed by atoms with Gasteiger partial charge in [-0.25, -0.2) is 14.0 Å². The molecule has 3 rings (SSSR count). The number of urea groups is 2. The molecular weight excluding hydrogens is 351 g/mol. The number of amides is 4. The highest BCUT2D eigenvalue weighted by atomic mass is 19.1. The molecule has 27 heavy (non-hydrogen) atoms. The van der Waals surface area contributed by atoms with Crippen LogP contribution in [0.1, 0.15) is 18.6 Å². The molecule has 0 spiro atoms. The molecule has 1 saturated heterocycles. The van der Waals surface area contributed by atoms with Crippen LogP contribution in [0.15, 0.2) is 48.5 Å². The summed E-state index contributed by atoms with van der Waals surface area (Å²) in [5.74, 6) is -0.393. The van der Waals surface area contributed by atoms with Gasteiger partial charge < -0.3 is 21.1 Å². The van der Waals surface area contributed by atoms with Gasteiger partial charge in [0.15, 0.2) is 0 Å². The fourth-order valence-electron chi connectivity index (χ4n) is 2.87. The van der Waals surface area contributed by atoms with Crippen LogP contribution in [-0.4, -0.2) is 36.3 Å². The van der Waals surface area contributed by atoms with Gasteiger partial charge in [-0.1, -0.05) is 18.2 Å². The fourth-order valence-corrected chi connectivity index (χ4v) is 2.87. The molecule has 0 saturated carbocycles. The van der Waals surface area contributed by atoms with Crippen molar-refractivity contribution in [3.8, 4) is 0 Å². The van der Waals surface area contributed by atoms with Crippen LogP contribution in [0.4, 0.5) is 25.4 Å². The number of carbonyl (C=O) groups is 2. The molecule has 7 nitrogen and oxygen atoms in total. The van der Waals surface area contributed by atoms with Crippen LogP contribution in [0.25, 0.3) is 0 Å². The predicted octanol–water partition coefficient (Wildman–Crippen LogP) is 2.60. The molecule has 2 atom stereocenters. The molecule has 142 valence electrons. The molecule has 1 aliphatic heterocycles. The summed E-state index contributed by atoms with van der Waals surface area (Å²) < 4.78 is 13.0. The first-order valence-electron chi connectivity index (χ1n) is 8.60. The van der Waals surface area contributed by atoms with E-state index in [2.05, 4.69) is 16.0 Å². The topological polar surface area (TPSA) is 93.7 Å². The Balaban J connectivity index is 1.60. The summed E-state index contributed by atoms with van der Waals surface area (Å²) in [4.78, 5) is 25.6. The Morgan fingerprint density at radius 2 is 2.00 bits per heavy atom. The summed E-state index contributed by atoms with van der Waals surface area (Å²) in [6.07, 6.45) is -0.976. The second-order valence-electron chi connectivity index (χ2n) is 6.32. The first kappa shape index (κ1) is 18.7. The molecule has 1 aliphatic rings. The van der Waals surface area contributed by atoms with E-state index >= 15 is 0 Å². The van der Waals surface area contributed by atoms with Gasteiger partial charge in [0.25, 0.3) is 0 Å². The maximum atomic E-state index is 13.0. The SMILES string of the molecule is CC(NC(=O)Nc1cccc(N2CCNC2=O)c1)C(O)c1ccc(F)cc1. The zero-order valence-corrected chi connectivity index (χ0v) is 14.8. The largest absolute Gasteiger partial charge is 0.386 e. The number of benzene rings is 2. The Hall–Kier alpha value is -3.13. The summed E-state index contributed by atoms with van der Waals surface area (Å²) in [5, 5.41) is 18.4. The van der Waals surface area contributed by atoms with Crippen molar-refractivity contribution < 1.29 is 19.1 Å². The van der Waals surface area contributed by atoms with Crippen molar-refractivity contribution in [2.24, 2.45) is 0 Å². The molecule has 0 bridgehead atoms. The van der Waals surface area contributed by atoms with Gasteiger partial charge in [0.2, 0.25) is 0 Å². The quantitative estimate of drug-likeness (QED) is 0.650. The third-order valence-corrected chi connectivity index (χ3v) is 4.32. The number of carbonyl (C=O) groups excluding carboxylic acids is 2. The predicted molar refractivity (Wildman–Crippen MR) is 100 cm³/mol. The van der Waals surface area contributed by atoms with E-state index in [4.69, 9.17) is 0 Å². The van der Waals surface area contributed by atoms with E-state index in [0.717, 1.165) is 0 Å². The van der Waals surface area contributed by atoms with Crippen LogP contribution in [0.2, 0.25) is 0 Å². The Labute approximate surface area is 156 Å². The van der Waals surface area contributed by atoms with E-state index in [1.807, 2.05) is 0 Å². The number of hydrogen-bond acceptors (Lipinski definition) is 3. The molecule has 2 unspecified atom stereocenters. The monoisotopic (exact) mass is 372 g/mol. The molecular formula is C19H21FN4O3. The molecule has 4 amide bonds. The summed E-state index contributed by atoms with van der Waals surface area (Å²) in [6.45, 7) is 2.80. The van der Waals surface area contributed by atoms with Crippen LogP contribution in [0.3, 0.4) is 0 Å². The molecule has 0 radical (unpaired) electrons. The number of aliphatic hydroxyl groups excluding tert-OH is 1. The van der Waals surface area contributed by atoms with E-state index in [1.165, 1.54) is 24.3 Å². The van der Waals surface area contributed by atoms with Gasteiger partial charge in [-0.2, -0.15) is 0 Å². The molecule has 4 N–H and O–H groups in total. The van der Waals surface area contributed by atoms with Crippen LogP contribution in [-0.2, 0) is 0 Å². The van der Waals surface area contributed by atoms with Gasteiger partial charge in [-0.3, -0.25) is 4.90 Å². The zero-order valence-electron chi connectivity index (χ0n) is 14.8. The number of hydrogen-bond donors (Lipinski definition) is 4. The van der Waals surface area contributed by atoms with Gasteiger partial charge in [-0.05, 0) is 42.8 Å². The lowest BCUT2D eigenvalue weighted by Crippen LogP contribution is -2.39. The lowest BCUT2D eigenvalue weighted by Gasteiger charge is -2.21. The minimum Gasteiger partial charge on any atom is -0.386 e. The third kappa shape index (κ3) is 4.53. The summed E-state index contributed by atoms with van der Waals surface area (Å²) in [5.41, 5.74) is 1.71. The maximum absolute atomic E-state index is 13.0. The fraction of sp³-hybridized carbons (Fsp3) is 0.263. The number of halogens is 1. The molecule has 8 heteroatoms. The molecule has 1 heterocycles. The molecule has 2 aromatic carbocycles. The normalized spacial score (nSPS) is 15.8. The first-order valence-corrected chi connectivity index (χ1v) is 8.60. The van der Waals surface area contributed by atoms with Crippen molar-refractivity contribution in [1.29, 1.82) is 0 Å². The highest BCUT2D eigenvalue weighted by molar-refractivity contribution is 5.95. The summed E-state index contributed by atoms with van der Waals surface area (Å²) in [6, 6.07) is 11.1. The number of nitrogens with zero attached hydrogens (tertiary/aromatic N) is 1. The van der Waals surface area contributed by atoms with Crippen molar-refractivity contribution in [3.05, 3.63) is 59.9 Å². The standard InChI is InChI=1S/C19H21FN4O3/c1-12(17(25)13-5-7-14(20)8-6-13)22-18(26)23-15-3-2-4-16(11-15)24-10-9-21-19(24)27/h2-8,11-12,17,25H,9-10H2,1H3,(H,21,27)(H2,22,23,26). The minimum atomic E-state index is -0.976. The molecule has 2 aromatic rings. The van der Waals surface area contributed by atoms with Gasteiger partial charge in [0.1, 0.15) is 5.82 Å². The van der Waals surface area contributed by atoms with Crippen LogP contribution in [0, 0.1) is 5.82 Å². The number of anilines is 2. The van der Waals surface area contributed by atoms with Gasteiger partial charge >= 0.3 is 12.1 Å². The molecule has 1 fully saturated rings. The zero-order chi connectivity index (χ0) is 19.4. The van der Waals surface area contributed by atoms with Crippen LogP contribution < -0.4 is 20.9 Å². The maximum Gasteiger partial charge on any atom is 0.321 e. The van der Waals surface area contributed by atoms with Gasteiger partial charge in [0.05, 0.1) is 12.1 Å². The van der Waals surface area contributed by atoms with E-state index in [1.54, 1.807) is 36.1 Å². The Bertz CT molecular complexity index is 828. The summed E-state index contributed by atoms with van der Waals surface area (Å²) >= 11 is 0.